The Morgan fingerprint density at radius 1 is 1.05 bits per heavy atom. The highest BCUT2D eigenvalue weighted by molar-refractivity contribution is 8.00. The third kappa shape index (κ3) is 2.70. The number of aliphatic hydroxyl groups is 1. The third-order valence-electron chi connectivity index (χ3n) is 4.32. The first-order valence-corrected chi connectivity index (χ1v) is 7.87. The van der Waals surface area contributed by atoms with Crippen molar-refractivity contribution in [2.75, 3.05) is 0 Å². The molecule has 5 heteroatoms. The van der Waals surface area contributed by atoms with E-state index in [-0.39, 0.29) is 0 Å². The van der Waals surface area contributed by atoms with Crippen LogP contribution in [-0.4, -0.2) is 15.6 Å². The van der Waals surface area contributed by atoms with Gasteiger partial charge in [-0.2, -0.15) is 24.9 Å². The predicted octanol–water partition coefficient (Wildman–Crippen LogP) is 4.34. The van der Waals surface area contributed by atoms with Crippen LogP contribution in [0.1, 0.15) is 43.2 Å². The van der Waals surface area contributed by atoms with Gasteiger partial charge in [-0.3, -0.25) is 0 Å². The van der Waals surface area contributed by atoms with E-state index in [9.17, 15) is 18.3 Å². The Labute approximate surface area is 120 Å². The number of rotatable bonds is 1. The molecule has 2 heterocycles. The molecule has 2 unspecified atom stereocenters. The molecule has 0 spiro atoms. The van der Waals surface area contributed by atoms with Gasteiger partial charge < -0.3 is 5.11 Å². The number of halogens is 3. The minimum Gasteiger partial charge on any atom is -0.385 e. The first kappa shape index (κ1) is 14.3. The van der Waals surface area contributed by atoms with E-state index < -0.39 is 17.3 Å². The van der Waals surface area contributed by atoms with Crippen molar-refractivity contribution in [3.63, 3.8) is 0 Å². The van der Waals surface area contributed by atoms with Crippen molar-refractivity contribution in [1.82, 2.24) is 0 Å². The van der Waals surface area contributed by atoms with Gasteiger partial charge in [0.15, 0.2) is 0 Å². The van der Waals surface area contributed by atoms with E-state index >= 15 is 0 Å². The zero-order chi connectivity index (χ0) is 14.4. The molecule has 2 aliphatic rings. The van der Waals surface area contributed by atoms with E-state index in [1.54, 1.807) is 0 Å². The summed E-state index contributed by atoms with van der Waals surface area (Å²) in [4.78, 5) is 0. The van der Waals surface area contributed by atoms with Gasteiger partial charge >= 0.3 is 6.18 Å². The summed E-state index contributed by atoms with van der Waals surface area (Å²) in [5.74, 6) is 0. The monoisotopic (exact) mass is 302 g/mol. The lowest BCUT2D eigenvalue weighted by Gasteiger charge is -2.44. The number of fused-ring (bicyclic) bond motifs is 2. The molecule has 2 atom stereocenters. The molecular formula is C15H17F3OS. The normalized spacial score (nSPS) is 34.0. The molecule has 1 aromatic carbocycles. The standard InChI is InChI=1S/C15H17F3OS/c16-15(17,18)11-6-4-10(5-7-11)14(19)8-12-2-1-3-13(9-14)20-12/h4-7,12-13,19H,1-3,8-9H2. The smallest absolute Gasteiger partial charge is 0.385 e. The van der Waals surface area contributed by atoms with Crippen molar-refractivity contribution in [2.45, 2.75) is 54.4 Å². The SMILES string of the molecule is OC1(c2ccc(C(F)(F)F)cc2)CC2CCCC(C1)S2. The van der Waals surface area contributed by atoms with Gasteiger partial charge in [-0.15, -0.1) is 0 Å². The zero-order valence-electron chi connectivity index (χ0n) is 11.0. The molecule has 0 radical (unpaired) electrons. The van der Waals surface area contributed by atoms with Gasteiger partial charge in [-0.25, -0.2) is 0 Å². The minimum atomic E-state index is -4.32. The number of alkyl halides is 3. The summed E-state index contributed by atoms with van der Waals surface area (Å²) in [6.45, 7) is 0. The van der Waals surface area contributed by atoms with E-state index in [1.807, 2.05) is 11.8 Å². The summed E-state index contributed by atoms with van der Waals surface area (Å²) in [5.41, 5.74) is -0.983. The van der Waals surface area contributed by atoms with E-state index in [4.69, 9.17) is 0 Å². The Balaban J connectivity index is 1.84. The van der Waals surface area contributed by atoms with Crippen LogP contribution in [0.3, 0.4) is 0 Å². The van der Waals surface area contributed by atoms with Crippen molar-refractivity contribution in [1.29, 1.82) is 0 Å². The summed E-state index contributed by atoms with van der Waals surface area (Å²) in [7, 11) is 0. The number of hydrogen-bond donors (Lipinski definition) is 1. The lowest BCUT2D eigenvalue weighted by molar-refractivity contribution is -0.137. The molecule has 20 heavy (non-hydrogen) atoms. The molecule has 0 aliphatic carbocycles. The van der Waals surface area contributed by atoms with Gasteiger partial charge in [0.1, 0.15) is 0 Å². The number of benzene rings is 1. The fourth-order valence-corrected chi connectivity index (χ4v) is 5.22. The second kappa shape index (κ2) is 4.95. The highest BCUT2D eigenvalue weighted by Gasteiger charge is 2.42. The summed E-state index contributed by atoms with van der Waals surface area (Å²) in [5, 5.41) is 11.7. The Bertz CT molecular complexity index is 471. The molecule has 0 saturated carbocycles. The second-order valence-electron chi connectivity index (χ2n) is 5.83. The average Bonchev–Trinajstić information content (AvgIpc) is 2.37. The predicted molar refractivity (Wildman–Crippen MR) is 73.6 cm³/mol. The maximum absolute atomic E-state index is 12.6. The van der Waals surface area contributed by atoms with Crippen LogP contribution in [0, 0.1) is 0 Å². The maximum atomic E-state index is 12.6. The molecule has 1 N–H and O–H groups in total. The molecule has 2 aliphatic heterocycles. The van der Waals surface area contributed by atoms with Crippen LogP contribution < -0.4 is 0 Å². The van der Waals surface area contributed by atoms with E-state index in [2.05, 4.69) is 0 Å². The highest BCUT2D eigenvalue weighted by Crippen LogP contribution is 2.49. The Kier molecular flexibility index (Phi) is 3.53. The van der Waals surface area contributed by atoms with E-state index in [0.717, 1.165) is 25.0 Å². The van der Waals surface area contributed by atoms with Crippen molar-refractivity contribution < 1.29 is 18.3 Å². The van der Waals surface area contributed by atoms with Gasteiger partial charge in [0.05, 0.1) is 11.2 Å². The molecule has 3 rings (SSSR count). The van der Waals surface area contributed by atoms with Gasteiger partial charge in [0.2, 0.25) is 0 Å². The van der Waals surface area contributed by atoms with E-state index in [0.29, 0.717) is 28.9 Å². The molecular weight excluding hydrogens is 285 g/mol. The Hall–Kier alpha value is -0.680. The van der Waals surface area contributed by atoms with Gasteiger partial charge in [-0.1, -0.05) is 18.6 Å². The first-order chi connectivity index (χ1) is 9.37. The molecule has 1 aromatic rings. The lowest BCUT2D eigenvalue weighted by Crippen LogP contribution is -2.40. The topological polar surface area (TPSA) is 20.2 Å². The average molecular weight is 302 g/mol. The summed E-state index contributed by atoms with van der Waals surface area (Å²) < 4.78 is 37.7. The van der Waals surface area contributed by atoms with Crippen LogP contribution in [0.25, 0.3) is 0 Å². The fraction of sp³-hybridized carbons (Fsp3) is 0.600. The van der Waals surface area contributed by atoms with Crippen LogP contribution >= 0.6 is 11.8 Å². The van der Waals surface area contributed by atoms with Crippen LogP contribution in [-0.2, 0) is 11.8 Å². The van der Waals surface area contributed by atoms with Crippen LogP contribution in [0.2, 0.25) is 0 Å². The van der Waals surface area contributed by atoms with Gasteiger partial charge in [0.25, 0.3) is 0 Å². The third-order valence-corrected chi connectivity index (χ3v) is 5.89. The molecule has 0 aromatic heterocycles. The Morgan fingerprint density at radius 2 is 1.60 bits per heavy atom. The van der Waals surface area contributed by atoms with Crippen LogP contribution in [0.5, 0.6) is 0 Å². The number of thioether (sulfide) groups is 1. The summed E-state index contributed by atoms with van der Waals surface area (Å²) in [6, 6.07) is 5.03. The van der Waals surface area contributed by atoms with Crippen molar-refractivity contribution in [3.05, 3.63) is 35.4 Å². The number of hydrogen-bond acceptors (Lipinski definition) is 2. The quantitative estimate of drug-likeness (QED) is 0.832. The van der Waals surface area contributed by atoms with Crippen molar-refractivity contribution in [3.8, 4) is 0 Å². The molecule has 2 fully saturated rings. The molecule has 0 amide bonds. The van der Waals surface area contributed by atoms with Crippen LogP contribution in [0.4, 0.5) is 13.2 Å². The molecule has 2 saturated heterocycles. The lowest BCUT2D eigenvalue weighted by atomic mass is 9.80. The van der Waals surface area contributed by atoms with Crippen LogP contribution in [0.15, 0.2) is 24.3 Å². The van der Waals surface area contributed by atoms with E-state index in [1.165, 1.54) is 18.6 Å². The zero-order valence-corrected chi connectivity index (χ0v) is 11.8. The minimum absolute atomic E-state index is 0.440. The van der Waals surface area contributed by atoms with Gasteiger partial charge in [0, 0.05) is 10.5 Å². The summed E-state index contributed by atoms with van der Waals surface area (Å²) >= 11 is 1.94. The molecule has 1 nitrogen and oxygen atoms in total. The van der Waals surface area contributed by atoms with Crippen molar-refractivity contribution >= 4 is 11.8 Å². The fourth-order valence-electron chi connectivity index (χ4n) is 3.32. The molecule has 110 valence electrons. The first-order valence-electron chi connectivity index (χ1n) is 6.92. The largest absolute Gasteiger partial charge is 0.416 e. The summed E-state index contributed by atoms with van der Waals surface area (Å²) in [6.07, 6.45) is 0.388. The van der Waals surface area contributed by atoms with Gasteiger partial charge in [-0.05, 0) is 43.4 Å². The maximum Gasteiger partial charge on any atom is 0.416 e. The van der Waals surface area contributed by atoms with Crippen molar-refractivity contribution in [2.24, 2.45) is 0 Å². The Morgan fingerprint density at radius 3 is 2.10 bits per heavy atom. The molecule has 2 bridgehead atoms. The highest BCUT2D eigenvalue weighted by atomic mass is 32.2. The second-order valence-corrected chi connectivity index (χ2v) is 7.43.